The third-order valence-corrected chi connectivity index (χ3v) is 2.23. The fourth-order valence-corrected chi connectivity index (χ4v) is 1.23. The van der Waals surface area contributed by atoms with Crippen LogP contribution in [0.25, 0.3) is 0 Å². The molecule has 2 N–H and O–H groups in total. The lowest BCUT2D eigenvalue weighted by Crippen LogP contribution is -2.39. The zero-order chi connectivity index (χ0) is 12.8. The van der Waals surface area contributed by atoms with Gasteiger partial charge in [0.2, 0.25) is 0 Å². The van der Waals surface area contributed by atoms with Crippen molar-refractivity contribution in [2.45, 2.75) is 12.2 Å². The minimum absolute atomic E-state index is 0.319. The average molecular weight is 274 g/mol. The lowest BCUT2D eigenvalue weighted by atomic mass is 10.1. The van der Waals surface area contributed by atoms with E-state index in [2.05, 4.69) is 8.71 Å². The Balaban J connectivity index is 4.02. The third-order valence-electron chi connectivity index (χ3n) is 1.42. The van der Waals surface area contributed by atoms with Crippen molar-refractivity contribution >= 4 is 25.6 Å². The molecule has 0 aromatic heterocycles. The number of hydrogen-bond acceptors (Lipinski definition) is 9. The molecule has 10 heteroatoms. The number of carbonyl (C=O) groups is 1. The first-order valence-corrected chi connectivity index (χ1v) is 6.60. The summed E-state index contributed by atoms with van der Waals surface area (Å²) in [4.78, 5) is 31.0. The first-order chi connectivity index (χ1) is 7.28. The molecule has 0 unspecified atom stereocenters. The molecular formula is C6H11O8PS-2. The van der Waals surface area contributed by atoms with E-state index >= 15 is 0 Å². The second-order valence-corrected chi connectivity index (χ2v) is 4.37. The highest BCUT2D eigenvalue weighted by molar-refractivity contribution is 7.93. The number of phosphoric acid groups is 1. The number of ketones is 1. The van der Waals surface area contributed by atoms with Crippen LogP contribution in [0, 0.1) is 0 Å². The molecule has 0 saturated carbocycles. The van der Waals surface area contributed by atoms with E-state index in [4.69, 9.17) is 10.2 Å². The van der Waals surface area contributed by atoms with Gasteiger partial charge in [0.05, 0.1) is 14.4 Å². The van der Waals surface area contributed by atoms with Crippen molar-refractivity contribution in [1.82, 2.24) is 0 Å². The van der Waals surface area contributed by atoms with E-state index in [1.807, 2.05) is 0 Å². The number of aliphatic hydroxyl groups is 2. The summed E-state index contributed by atoms with van der Waals surface area (Å²) in [6.45, 7) is -1.43. The van der Waals surface area contributed by atoms with Crippen molar-refractivity contribution in [3.05, 3.63) is 0 Å². The van der Waals surface area contributed by atoms with E-state index in [9.17, 15) is 19.1 Å². The van der Waals surface area contributed by atoms with Crippen molar-refractivity contribution in [2.75, 3.05) is 19.5 Å². The van der Waals surface area contributed by atoms with Crippen LogP contribution in [0.4, 0.5) is 0 Å². The van der Waals surface area contributed by atoms with Crippen LogP contribution < -0.4 is 9.79 Å². The Kier molecular flexibility index (Phi) is 7.36. The first kappa shape index (κ1) is 16.0. The summed E-state index contributed by atoms with van der Waals surface area (Å²) in [5.74, 6) is -1.12. The van der Waals surface area contributed by atoms with Gasteiger partial charge >= 0.3 is 0 Å². The van der Waals surface area contributed by atoms with Gasteiger partial charge in [-0.2, -0.15) is 0 Å². The zero-order valence-electron chi connectivity index (χ0n) is 8.27. The van der Waals surface area contributed by atoms with Crippen LogP contribution in [0.2, 0.25) is 0 Å². The lowest BCUT2D eigenvalue weighted by Gasteiger charge is -2.28. The molecule has 16 heavy (non-hydrogen) atoms. The summed E-state index contributed by atoms with van der Waals surface area (Å²) in [5.41, 5.74) is 0. The molecule has 0 bridgehead atoms. The van der Waals surface area contributed by atoms with Crippen LogP contribution in [0.3, 0.4) is 0 Å². The highest BCUT2D eigenvalue weighted by Gasteiger charge is 2.24. The normalized spacial score (nSPS) is 15.8. The third kappa shape index (κ3) is 7.31. The topological polar surface area (TPSA) is 139 Å². The van der Waals surface area contributed by atoms with E-state index in [1.165, 1.54) is 0 Å². The van der Waals surface area contributed by atoms with E-state index < -0.39 is 32.4 Å². The SMILES string of the molecule is CSOC[C@@H](O)[C@@H](O)C(=O)COP(=O)([O-])[O-]. The zero-order valence-corrected chi connectivity index (χ0v) is 9.98. The molecule has 0 aliphatic rings. The van der Waals surface area contributed by atoms with E-state index in [0.717, 1.165) is 12.0 Å². The van der Waals surface area contributed by atoms with Gasteiger partial charge in [-0.05, 0) is 12.0 Å². The van der Waals surface area contributed by atoms with Gasteiger partial charge in [0.15, 0.2) is 5.78 Å². The number of Topliss-reactive ketones (excluding diaryl/α,β-unsaturated/α-hetero) is 1. The maximum absolute atomic E-state index is 11.0. The number of hydrogen-bond donors (Lipinski definition) is 2. The molecule has 0 aromatic rings. The fraction of sp³-hybridized carbons (Fsp3) is 0.833. The number of carbonyl (C=O) groups excluding carboxylic acids is 1. The molecule has 0 amide bonds. The van der Waals surface area contributed by atoms with Gasteiger partial charge in [0.25, 0.3) is 0 Å². The molecule has 0 saturated heterocycles. The standard InChI is InChI=1S/C6H13O8PS/c1-16-14-3-5(8)6(9)4(7)2-13-15(10,11)12/h5-6,8-9H,2-3H2,1H3,(H2,10,11,12)/p-2/t5-,6+/m1/s1. The summed E-state index contributed by atoms with van der Waals surface area (Å²) >= 11 is 0.919. The van der Waals surface area contributed by atoms with Crippen molar-refractivity contribution in [1.29, 1.82) is 0 Å². The van der Waals surface area contributed by atoms with Gasteiger partial charge in [-0.25, -0.2) is 0 Å². The summed E-state index contributed by atoms with van der Waals surface area (Å²) in [7, 11) is -5.26. The Bertz CT molecular complexity index is 265. The summed E-state index contributed by atoms with van der Waals surface area (Å²) in [6.07, 6.45) is -1.81. The van der Waals surface area contributed by atoms with Gasteiger partial charge in [0.1, 0.15) is 18.8 Å². The molecule has 96 valence electrons. The van der Waals surface area contributed by atoms with Crippen LogP contribution in [-0.4, -0.2) is 47.7 Å². The van der Waals surface area contributed by atoms with Crippen LogP contribution in [0.1, 0.15) is 0 Å². The van der Waals surface area contributed by atoms with Gasteiger partial charge in [-0.1, -0.05) is 0 Å². The molecule has 0 aliphatic carbocycles. The maximum atomic E-state index is 11.0. The monoisotopic (exact) mass is 274 g/mol. The Hall–Kier alpha value is 0.01000. The molecule has 0 rings (SSSR count). The Morgan fingerprint density at radius 2 is 2.06 bits per heavy atom. The second-order valence-electron chi connectivity index (χ2n) is 2.65. The molecule has 0 fully saturated rings. The summed E-state index contributed by atoms with van der Waals surface area (Å²) in [5, 5.41) is 18.3. The minimum atomic E-state index is -5.26. The van der Waals surface area contributed by atoms with E-state index in [1.54, 1.807) is 6.26 Å². The predicted molar refractivity (Wildman–Crippen MR) is 50.0 cm³/mol. The van der Waals surface area contributed by atoms with Crippen molar-refractivity contribution in [3.8, 4) is 0 Å². The molecule has 0 heterocycles. The molecule has 0 aliphatic heterocycles. The van der Waals surface area contributed by atoms with Gasteiger partial charge in [-0.3, -0.25) is 4.79 Å². The van der Waals surface area contributed by atoms with Gasteiger partial charge in [0, 0.05) is 6.26 Å². The van der Waals surface area contributed by atoms with Crippen LogP contribution >= 0.6 is 19.9 Å². The average Bonchev–Trinajstić information content (AvgIpc) is 2.20. The van der Waals surface area contributed by atoms with E-state index in [-0.39, 0.29) is 6.61 Å². The van der Waals surface area contributed by atoms with Crippen molar-refractivity contribution in [2.24, 2.45) is 0 Å². The maximum Gasteiger partial charge on any atom is 0.189 e. The van der Waals surface area contributed by atoms with Crippen LogP contribution in [-0.2, 0) is 18.1 Å². The van der Waals surface area contributed by atoms with Gasteiger partial charge in [-0.15, -0.1) is 0 Å². The minimum Gasteiger partial charge on any atom is -0.790 e. The molecule has 0 spiro atoms. The highest BCUT2D eigenvalue weighted by Crippen LogP contribution is 2.24. The fourth-order valence-electron chi connectivity index (χ4n) is 0.672. The Labute approximate surface area is 96.0 Å². The Morgan fingerprint density at radius 3 is 2.50 bits per heavy atom. The Morgan fingerprint density at radius 1 is 1.50 bits per heavy atom. The molecule has 0 aromatic carbocycles. The highest BCUT2D eigenvalue weighted by atomic mass is 32.2. The molecule has 0 radical (unpaired) electrons. The number of rotatable bonds is 8. The second kappa shape index (κ2) is 7.36. The molecule has 8 nitrogen and oxygen atoms in total. The van der Waals surface area contributed by atoms with Crippen molar-refractivity contribution < 1.29 is 38.1 Å². The van der Waals surface area contributed by atoms with Gasteiger partial charge < -0.3 is 33.3 Å². The van der Waals surface area contributed by atoms with E-state index in [0.29, 0.717) is 0 Å². The van der Waals surface area contributed by atoms with Crippen LogP contribution in [0.5, 0.6) is 0 Å². The lowest BCUT2D eigenvalue weighted by molar-refractivity contribution is -0.341. The van der Waals surface area contributed by atoms with Crippen molar-refractivity contribution in [3.63, 3.8) is 0 Å². The molecule has 2 atom stereocenters. The summed E-state index contributed by atoms with van der Waals surface area (Å²) in [6, 6.07) is 0. The number of phosphoric ester groups is 1. The van der Waals surface area contributed by atoms with Crippen LogP contribution in [0.15, 0.2) is 0 Å². The largest absolute Gasteiger partial charge is 0.790 e. The smallest absolute Gasteiger partial charge is 0.189 e. The quantitative estimate of drug-likeness (QED) is 0.360. The summed E-state index contributed by atoms with van der Waals surface area (Å²) < 4.78 is 18.3. The first-order valence-electron chi connectivity index (χ1n) is 3.99. The predicted octanol–water partition coefficient (Wildman–Crippen LogP) is -2.58. The number of aliphatic hydroxyl groups excluding tert-OH is 2. The molecular weight excluding hydrogens is 263 g/mol.